The summed E-state index contributed by atoms with van der Waals surface area (Å²) in [6, 6.07) is 11.2. The fourth-order valence-corrected chi connectivity index (χ4v) is 4.21. The molecular weight excluding hydrogens is 412 g/mol. The molecule has 1 amide bonds. The summed E-state index contributed by atoms with van der Waals surface area (Å²) in [7, 11) is 0. The monoisotopic (exact) mass is 446 g/mol. The lowest BCUT2D eigenvalue weighted by atomic mass is 10.0. The maximum atomic E-state index is 12.1. The molecule has 0 fully saturated rings. The van der Waals surface area contributed by atoms with E-state index in [0.717, 1.165) is 54.7 Å². The van der Waals surface area contributed by atoms with Crippen molar-refractivity contribution in [1.82, 2.24) is 5.43 Å². The van der Waals surface area contributed by atoms with E-state index in [2.05, 4.69) is 12.3 Å². The van der Waals surface area contributed by atoms with Crippen molar-refractivity contribution < 1.29 is 19.4 Å². The van der Waals surface area contributed by atoms with Crippen LogP contribution in [0.5, 0.6) is 0 Å². The van der Waals surface area contributed by atoms with Crippen LogP contribution in [0.15, 0.2) is 36.4 Å². The van der Waals surface area contributed by atoms with Crippen molar-refractivity contribution in [2.24, 2.45) is 0 Å². The van der Waals surface area contributed by atoms with Gasteiger partial charge < -0.3 is 9.84 Å². The number of aryl methyl sites for hydroxylation is 1. The molecule has 0 saturated carbocycles. The van der Waals surface area contributed by atoms with Crippen LogP contribution in [0.4, 0.5) is 5.69 Å². The third kappa shape index (κ3) is 8.09. The van der Waals surface area contributed by atoms with Crippen LogP contribution in [-0.4, -0.2) is 30.1 Å². The molecule has 1 atom stereocenters. The van der Waals surface area contributed by atoms with Crippen molar-refractivity contribution in [2.75, 3.05) is 18.2 Å². The Bertz CT molecular complexity index is 819. The molecule has 1 aromatic carbocycles. The number of amides is 1. The Morgan fingerprint density at radius 2 is 1.84 bits per heavy atom. The van der Waals surface area contributed by atoms with E-state index in [9.17, 15) is 14.7 Å². The third-order valence-electron chi connectivity index (χ3n) is 4.94. The van der Waals surface area contributed by atoms with Gasteiger partial charge in [-0.1, -0.05) is 38.3 Å². The lowest BCUT2D eigenvalue weighted by Crippen LogP contribution is -2.42. The Labute approximate surface area is 189 Å². The van der Waals surface area contributed by atoms with Crippen LogP contribution in [0.25, 0.3) is 0 Å². The van der Waals surface area contributed by atoms with E-state index in [1.54, 1.807) is 13.0 Å². The van der Waals surface area contributed by atoms with Crippen molar-refractivity contribution in [1.29, 1.82) is 0 Å². The summed E-state index contributed by atoms with van der Waals surface area (Å²) in [4.78, 5) is 25.6. The molecule has 0 spiro atoms. The van der Waals surface area contributed by atoms with Crippen molar-refractivity contribution in [3.8, 4) is 0 Å². The van der Waals surface area contributed by atoms with Gasteiger partial charge in [-0.05, 0) is 56.0 Å². The van der Waals surface area contributed by atoms with E-state index < -0.39 is 6.10 Å². The number of ether oxygens (including phenoxy) is 1. The third-order valence-corrected chi connectivity index (χ3v) is 6.07. The van der Waals surface area contributed by atoms with Crippen molar-refractivity contribution in [3.05, 3.63) is 51.7 Å². The number of unbranched alkanes of at least 4 members (excludes halogenated alkanes) is 2. The van der Waals surface area contributed by atoms with E-state index in [4.69, 9.17) is 4.74 Å². The molecule has 0 saturated heterocycles. The van der Waals surface area contributed by atoms with Crippen LogP contribution in [0, 0.1) is 0 Å². The van der Waals surface area contributed by atoms with Gasteiger partial charge in [0.05, 0.1) is 18.4 Å². The number of hydrogen-bond acceptors (Lipinski definition) is 6. The first-order chi connectivity index (χ1) is 15.0. The lowest BCUT2D eigenvalue weighted by molar-refractivity contribution is -0.117. The summed E-state index contributed by atoms with van der Waals surface area (Å²) in [6.07, 6.45) is 5.17. The largest absolute Gasteiger partial charge is 0.462 e. The molecule has 6 nitrogen and oxygen atoms in total. The standard InChI is InChI=1S/C24H34N2O4S/c1-4-6-7-10-22(28)19-11-13-20(14-12-19)26(18(3)27)25-17-8-9-21-15-16-23(31-21)24(29)30-5-2/h11-16,22,25,28H,4-10,17H2,1-3H3. The SMILES string of the molecule is CCCCCC(O)c1ccc(N(NCCCc2ccc(C(=O)OCC)s2)C(C)=O)cc1. The minimum atomic E-state index is -0.468. The zero-order valence-electron chi connectivity index (χ0n) is 18.7. The number of carbonyl (C=O) groups is 2. The second-order valence-corrected chi connectivity index (χ2v) is 8.62. The molecule has 2 rings (SSSR count). The maximum absolute atomic E-state index is 12.1. The number of hydrazine groups is 1. The van der Waals surface area contributed by atoms with Crippen molar-refractivity contribution in [2.45, 2.75) is 65.4 Å². The van der Waals surface area contributed by atoms with Gasteiger partial charge in [0.2, 0.25) is 5.91 Å². The summed E-state index contributed by atoms with van der Waals surface area (Å²) in [5, 5.41) is 11.8. The minimum Gasteiger partial charge on any atom is -0.462 e. The highest BCUT2D eigenvalue weighted by molar-refractivity contribution is 7.13. The molecule has 31 heavy (non-hydrogen) atoms. The molecule has 1 unspecified atom stereocenters. The number of carbonyl (C=O) groups excluding carboxylic acids is 2. The maximum Gasteiger partial charge on any atom is 0.348 e. The van der Waals surface area contributed by atoms with Gasteiger partial charge in [0.1, 0.15) is 4.88 Å². The molecule has 1 aromatic heterocycles. The van der Waals surface area contributed by atoms with Crippen LogP contribution in [0.1, 0.15) is 79.1 Å². The first-order valence-corrected chi connectivity index (χ1v) is 11.9. The molecule has 170 valence electrons. The zero-order chi connectivity index (χ0) is 22.6. The Morgan fingerprint density at radius 1 is 1.10 bits per heavy atom. The lowest BCUT2D eigenvalue weighted by Gasteiger charge is -2.23. The quantitative estimate of drug-likeness (QED) is 0.256. The number of rotatable bonds is 13. The summed E-state index contributed by atoms with van der Waals surface area (Å²) in [5.74, 6) is -0.379. The van der Waals surface area contributed by atoms with Crippen molar-refractivity contribution >= 4 is 28.9 Å². The smallest absolute Gasteiger partial charge is 0.348 e. The number of nitrogens with zero attached hydrogens (tertiary/aromatic N) is 1. The topological polar surface area (TPSA) is 78.9 Å². The molecular formula is C24H34N2O4S. The van der Waals surface area contributed by atoms with Crippen LogP contribution < -0.4 is 10.4 Å². The fourth-order valence-electron chi connectivity index (χ4n) is 3.26. The van der Waals surface area contributed by atoms with Gasteiger partial charge in [-0.25, -0.2) is 15.2 Å². The van der Waals surface area contributed by atoms with Gasteiger partial charge in [0.25, 0.3) is 0 Å². The highest BCUT2D eigenvalue weighted by atomic mass is 32.1. The molecule has 1 heterocycles. The average Bonchev–Trinajstić information content (AvgIpc) is 3.23. The van der Waals surface area contributed by atoms with E-state index in [-0.39, 0.29) is 11.9 Å². The molecule has 0 aliphatic carbocycles. The van der Waals surface area contributed by atoms with Gasteiger partial charge in [-0.2, -0.15) is 0 Å². The highest BCUT2D eigenvalue weighted by Gasteiger charge is 2.14. The number of thiophene rings is 1. The highest BCUT2D eigenvalue weighted by Crippen LogP contribution is 2.23. The summed E-state index contributed by atoms with van der Waals surface area (Å²) in [6.45, 7) is 6.45. The molecule has 0 aliphatic heterocycles. The Hall–Kier alpha value is -2.22. The summed E-state index contributed by atoms with van der Waals surface area (Å²) in [5.41, 5.74) is 4.80. The molecule has 0 bridgehead atoms. The molecule has 0 radical (unpaired) electrons. The van der Waals surface area contributed by atoms with Crippen molar-refractivity contribution in [3.63, 3.8) is 0 Å². The van der Waals surface area contributed by atoms with Gasteiger partial charge in [-0.15, -0.1) is 11.3 Å². The van der Waals surface area contributed by atoms with E-state index in [1.165, 1.54) is 23.3 Å². The predicted octanol–water partition coefficient (Wildman–Crippen LogP) is 5.03. The second-order valence-electron chi connectivity index (χ2n) is 7.46. The number of aliphatic hydroxyl groups is 1. The summed E-state index contributed by atoms with van der Waals surface area (Å²) >= 11 is 1.45. The molecule has 2 N–H and O–H groups in total. The minimum absolute atomic E-state index is 0.100. The van der Waals surface area contributed by atoms with Crippen LogP contribution in [0.3, 0.4) is 0 Å². The number of anilines is 1. The number of aliphatic hydroxyl groups excluding tert-OH is 1. The van der Waals surface area contributed by atoms with Gasteiger partial charge >= 0.3 is 5.97 Å². The Morgan fingerprint density at radius 3 is 2.48 bits per heavy atom. The van der Waals surface area contributed by atoms with E-state index in [1.807, 2.05) is 30.3 Å². The number of hydrogen-bond donors (Lipinski definition) is 2. The number of esters is 1. The Kier molecular flexibility index (Phi) is 10.7. The van der Waals surface area contributed by atoms with Crippen LogP contribution in [-0.2, 0) is 16.0 Å². The number of benzene rings is 1. The molecule has 2 aromatic rings. The fraction of sp³-hybridized carbons (Fsp3) is 0.500. The van der Waals surface area contributed by atoms with E-state index in [0.29, 0.717) is 18.0 Å². The zero-order valence-corrected chi connectivity index (χ0v) is 19.5. The van der Waals surface area contributed by atoms with Gasteiger partial charge in [0.15, 0.2) is 0 Å². The Balaban J connectivity index is 1.85. The van der Waals surface area contributed by atoms with Crippen LogP contribution >= 0.6 is 11.3 Å². The first kappa shape index (κ1) is 25.0. The second kappa shape index (κ2) is 13.2. The number of nitrogens with one attached hydrogen (secondary N) is 1. The molecule has 7 heteroatoms. The molecule has 0 aliphatic rings. The predicted molar refractivity (Wildman–Crippen MR) is 125 cm³/mol. The van der Waals surface area contributed by atoms with Gasteiger partial charge in [-0.3, -0.25) is 4.79 Å². The first-order valence-electron chi connectivity index (χ1n) is 11.0. The van der Waals surface area contributed by atoms with Crippen LogP contribution in [0.2, 0.25) is 0 Å². The van der Waals surface area contributed by atoms with Gasteiger partial charge in [0, 0.05) is 18.3 Å². The summed E-state index contributed by atoms with van der Waals surface area (Å²) < 4.78 is 5.02. The average molecular weight is 447 g/mol. The normalized spacial score (nSPS) is 11.9. The van der Waals surface area contributed by atoms with E-state index >= 15 is 0 Å².